The summed E-state index contributed by atoms with van der Waals surface area (Å²) >= 11 is 1.69. The molecule has 1 unspecified atom stereocenters. The van der Waals surface area contributed by atoms with Crippen LogP contribution in [0.3, 0.4) is 0 Å². The summed E-state index contributed by atoms with van der Waals surface area (Å²) in [6.45, 7) is 4.16. The van der Waals surface area contributed by atoms with E-state index in [1.165, 1.54) is 11.1 Å². The molecule has 0 radical (unpaired) electrons. The Bertz CT molecular complexity index is 490. The van der Waals surface area contributed by atoms with Crippen molar-refractivity contribution in [3.63, 3.8) is 0 Å². The van der Waals surface area contributed by atoms with Crippen molar-refractivity contribution in [1.82, 2.24) is 4.98 Å². The first kappa shape index (κ1) is 12.3. The van der Waals surface area contributed by atoms with E-state index in [9.17, 15) is 0 Å². The molecule has 2 nitrogen and oxygen atoms in total. The number of rotatable bonds is 4. The van der Waals surface area contributed by atoms with Crippen LogP contribution in [-0.4, -0.2) is 11.0 Å². The van der Waals surface area contributed by atoms with Crippen molar-refractivity contribution in [2.24, 2.45) is 5.73 Å². The summed E-state index contributed by atoms with van der Waals surface area (Å²) in [6, 6.07) is 8.57. The molecule has 1 aromatic heterocycles. The summed E-state index contributed by atoms with van der Waals surface area (Å²) < 4.78 is 0. The average molecular weight is 246 g/mol. The summed E-state index contributed by atoms with van der Waals surface area (Å²) in [6.07, 6.45) is 1.78. The van der Waals surface area contributed by atoms with Gasteiger partial charge in [0.1, 0.15) is 0 Å². The highest BCUT2D eigenvalue weighted by molar-refractivity contribution is 7.09. The second-order valence-electron chi connectivity index (χ2n) is 4.45. The van der Waals surface area contributed by atoms with Crippen molar-refractivity contribution in [1.29, 1.82) is 0 Å². The first-order chi connectivity index (χ1) is 8.15. The van der Waals surface area contributed by atoms with E-state index in [-0.39, 0.29) is 6.04 Å². The third kappa shape index (κ3) is 3.38. The Morgan fingerprint density at radius 2 is 2.00 bits per heavy atom. The van der Waals surface area contributed by atoms with Crippen molar-refractivity contribution in [2.45, 2.75) is 32.7 Å². The third-order valence-electron chi connectivity index (χ3n) is 2.88. The monoisotopic (exact) mass is 246 g/mol. The van der Waals surface area contributed by atoms with E-state index in [1.807, 2.05) is 6.92 Å². The maximum Gasteiger partial charge on any atom is 0.0897 e. The Morgan fingerprint density at radius 3 is 2.65 bits per heavy atom. The number of thiazole rings is 1. The lowest BCUT2D eigenvalue weighted by Crippen LogP contribution is -2.26. The van der Waals surface area contributed by atoms with Crippen molar-refractivity contribution < 1.29 is 0 Å². The highest BCUT2D eigenvalue weighted by atomic mass is 32.1. The molecule has 2 N–H and O–H groups in total. The fraction of sp³-hybridized carbons (Fsp3) is 0.357. The molecule has 0 aliphatic heterocycles. The molecule has 0 spiro atoms. The summed E-state index contributed by atoms with van der Waals surface area (Å²) in [4.78, 5) is 4.45. The molecule has 3 heteroatoms. The van der Waals surface area contributed by atoms with Gasteiger partial charge in [-0.05, 0) is 31.4 Å². The van der Waals surface area contributed by atoms with Gasteiger partial charge in [-0.15, -0.1) is 11.3 Å². The first-order valence-electron chi connectivity index (χ1n) is 5.86. The van der Waals surface area contributed by atoms with Gasteiger partial charge >= 0.3 is 0 Å². The minimum atomic E-state index is 0.151. The summed E-state index contributed by atoms with van der Waals surface area (Å²) in [5, 5.41) is 3.22. The van der Waals surface area contributed by atoms with Crippen LogP contribution in [0.15, 0.2) is 29.6 Å². The van der Waals surface area contributed by atoms with Gasteiger partial charge in [0.05, 0.1) is 10.7 Å². The summed E-state index contributed by atoms with van der Waals surface area (Å²) in [7, 11) is 0. The van der Waals surface area contributed by atoms with E-state index in [2.05, 4.69) is 41.6 Å². The number of nitrogens with zero attached hydrogens (tertiary/aromatic N) is 1. The largest absolute Gasteiger partial charge is 0.327 e. The minimum absolute atomic E-state index is 0.151. The highest BCUT2D eigenvalue weighted by Gasteiger charge is 2.08. The Labute approximate surface area is 107 Å². The van der Waals surface area contributed by atoms with Crippen LogP contribution in [0.1, 0.15) is 21.8 Å². The number of hydrogen-bond donors (Lipinski definition) is 1. The molecule has 0 amide bonds. The molecule has 1 heterocycles. The van der Waals surface area contributed by atoms with Gasteiger partial charge in [-0.2, -0.15) is 0 Å². The molecule has 2 aromatic rings. The zero-order valence-electron chi connectivity index (χ0n) is 10.3. The van der Waals surface area contributed by atoms with Gasteiger partial charge in [0.15, 0.2) is 0 Å². The topological polar surface area (TPSA) is 38.9 Å². The maximum absolute atomic E-state index is 6.18. The molecule has 0 fully saturated rings. The van der Waals surface area contributed by atoms with Crippen LogP contribution < -0.4 is 5.73 Å². The van der Waals surface area contributed by atoms with Gasteiger partial charge in [-0.1, -0.05) is 24.3 Å². The molecule has 2 rings (SSSR count). The second kappa shape index (κ2) is 5.43. The number of nitrogens with two attached hydrogens (primary N) is 1. The van der Waals surface area contributed by atoms with Crippen LogP contribution in [0.25, 0.3) is 0 Å². The number of aryl methyl sites for hydroxylation is 2. The number of aromatic nitrogens is 1. The maximum atomic E-state index is 6.18. The van der Waals surface area contributed by atoms with E-state index < -0.39 is 0 Å². The lowest BCUT2D eigenvalue weighted by molar-refractivity contribution is 0.654. The van der Waals surface area contributed by atoms with Gasteiger partial charge in [0.2, 0.25) is 0 Å². The standard InChI is InChI=1S/C14H18N2S/c1-10-5-3-4-6-12(10)7-13(15)8-14-9-17-11(2)16-14/h3-6,9,13H,7-8,15H2,1-2H3. The van der Waals surface area contributed by atoms with Gasteiger partial charge in [0, 0.05) is 17.8 Å². The van der Waals surface area contributed by atoms with Crippen molar-refractivity contribution >= 4 is 11.3 Å². The second-order valence-corrected chi connectivity index (χ2v) is 5.51. The van der Waals surface area contributed by atoms with Crippen molar-refractivity contribution in [3.05, 3.63) is 51.5 Å². The average Bonchev–Trinajstić information content (AvgIpc) is 2.67. The van der Waals surface area contributed by atoms with E-state index in [0.717, 1.165) is 23.5 Å². The highest BCUT2D eigenvalue weighted by Crippen LogP contribution is 2.13. The zero-order chi connectivity index (χ0) is 12.3. The van der Waals surface area contributed by atoms with Gasteiger partial charge < -0.3 is 5.73 Å². The number of hydrogen-bond acceptors (Lipinski definition) is 3. The molecular weight excluding hydrogens is 228 g/mol. The number of benzene rings is 1. The Balaban J connectivity index is 1.98. The third-order valence-corrected chi connectivity index (χ3v) is 3.70. The molecule has 0 bridgehead atoms. The molecule has 0 saturated carbocycles. The zero-order valence-corrected chi connectivity index (χ0v) is 11.1. The molecule has 1 aromatic carbocycles. The minimum Gasteiger partial charge on any atom is -0.327 e. The van der Waals surface area contributed by atoms with Crippen LogP contribution in [0.2, 0.25) is 0 Å². The quantitative estimate of drug-likeness (QED) is 0.901. The Kier molecular flexibility index (Phi) is 3.92. The van der Waals surface area contributed by atoms with Crippen molar-refractivity contribution in [2.75, 3.05) is 0 Å². The van der Waals surface area contributed by atoms with E-state index >= 15 is 0 Å². The van der Waals surface area contributed by atoms with Crippen LogP contribution >= 0.6 is 11.3 Å². The van der Waals surface area contributed by atoms with Gasteiger partial charge in [-0.3, -0.25) is 0 Å². The normalized spacial score (nSPS) is 12.6. The molecule has 17 heavy (non-hydrogen) atoms. The molecule has 90 valence electrons. The van der Waals surface area contributed by atoms with E-state index in [1.54, 1.807) is 11.3 Å². The van der Waals surface area contributed by atoms with Crippen LogP contribution in [-0.2, 0) is 12.8 Å². The first-order valence-corrected chi connectivity index (χ1v) is 6.74. The van der Waals surface area contributed by atoms with E-state index in [4.69, 9.17) is 5.73 Å². The fourth-order valence-electron chi connectivity index (χ4n) is 1.96. The Hall–Kier alpha value is -1.19. The van der Waals surface area contributed by atoms with Gasteiger partial charge in [-0.25, -0.2) is 4.98 Å². The van der Waals surface area contributed by atoms with E-state index in [0.29, 0.717) is 0 Å². The lowest BCUT2D eigenvalue weighted by atomic mass is 9.99. The van der Waals surface area contributed by atoms with Crippen LogP contribution in [0.5, 0.6) is 0 Å². The predicted molar refractivity (Wildman–Crippen MR) is 73.4 cm³/mol. The molecular formula is C14H18N2S. The summed E-state index contributed by atoms with van der Waals surface area (Å²) in [5.41, 5.74) is 9.96. The SMILES string of the molecule is Cc1nc(CC(N)Cc2ccccc2C)cs1. The lowest BCUT2D eigenvalue weighted by Gasteiger charge is -2.12. The molecule has 0 saturated heterocycles. The van der Waals surface area contributed by atoms with Crippen molar-refractivity contribution in [3.8, 4) is 0 Å². The van der Waals surface area contributed by atoms with Gasteiger partial charge in [0.25, 0.3) is 0 Å². The summed E-state index contributed by atoms with van der Waals surface area (Å²) in [5.74, 6) is 0. The fourth-order valence-corrected chi connectivity index (χ4v) is 2.59. The molecule has 0 aliphatic carbocycles. The van der Waals surface area contributed by atoms with Crippen LogP contribution in [0, 0.1) is 13.8 Å². The van der Waals surface area contributed by atoms with Crippen LogP contribution in [0.4, 0.5) is 0 Å². The molecule has 1 atom stereocenters. The predicted octanol–water partition coefficient (Wildman–Crippen LogP) is 2.87. The molecule has 0 aliphatic rings. The smallest absolute Gasteiger partial charge is 0.0897 e. The Morgan fingerprint density at radius 1 is 1.24 bits per heavy atom.